The Hall–Kier alpha value is -0.770. The van der Waals surface area contributed by atoms with Crippen molar-refractivity contribution >= 4 is 21.5 Å². The zero-order valence-electron chi connectivity index (χ0n) is 8.45. The summed E-state index contributed by atoms with van der Waals surface area (Å²) in [6.45, 7) is 8.59. The summed E-state index contributed by atoms with van der Waals surface area (Å²) in [5.41, 5.74) is 5.63. The molecule has 4 heteroatoms. The fourth-order valence-electron chi connectivity index (χ4n) is 1.21. The van der Waals surface area contributed by atoms with E-state index in [1.807, 2.05) is 0 Å². The average Bonchev–Trinajstić information content (AvgIpc) is 2.47. The summed E-state index contributed by atoms with van der Waals surface area (Å²) in [5.74, 6) is 0.657. The molecule has 0 aliphatic carbocycles. The molecule has 0 saturated carbocycles. The normalized spacial score (nSPS) is 10.8. The third-order valence-corrected chi connectivity index (χ3v) is 2.64. The van der Waals surface area contributed by atoms with Crippen LogP contribution in [0.25, 0.3) is 0 Å². The lowest BCUT2D eigenvalue weighted by Gasteiger charge is -2.21. The van der Waals surface area contributed by atoms with E-state index in [2.05, 4.69) is 30.7 Å². The largest absolute Gasteiger partial charge is 0.389 e. The van der Waals surface area contributed by atoms with Gasteiger partial charge in [0.15, 0.2) is 5.13 Å². The molecule has 0 radical (unpaired) electrons. The molecule has 1 rings (SSSR count). The van der Waals surface area contributed by atoms with E-state index in [4.69, 9.17) is 5.73 Å². The van der Waals surface area contributed by atoms with Crippen molar-refractivity contribution in [2.24, 2.45) is 5.92 Å². The highest BCUT2D eigenvalue weighted by molar-refractivity contribution is 7.19. The molecule has 1 aromatic heterocycles. The molecule has 0 atom stereocenters. The molecule has 0 fully saturated rings. The number of nitrogen functional groups attached to an aromatic ring is 1. The molecule has 0 aliphatic rings. The molecule has 1 heterocycles. The number of anilines is 2. The average molecular weight is 199 g/mol. The van der Waals surface area contributed by atoms with Gasteiger partial charge in [-0.2, -0.15) is 0 Å². The fraction of sp³-hybridized carbons (Fsp3) is 0.667. The van der Waals surface area contributed by atoms with Crippen LogP contribution in [0.2, 0.25) is 0 Å². The molecule has 13 heavy (non-hydrogen) atoms. The monoisotopic (exact) mass is 199 g/mol. The van der Waals surface area contributed by atoms with E-state index in [1.165, 1.54) is 0 Å². The van der Waals surface area contributed by atoms with Gasteiger partial charge in [0.25, 0.3) is 0 Å². The van der Waals surface area contributed by atoms with Gasteiger partial charge in [-0.05, 0) is 12.8 Å². The summed E-state index contributed by atoms with van der Waals surface area (Å²) in [4.78, 5) is 6.52. The van der Waals surface area contributed by atoms with Crippen LogP contribution >= 0.6 is 11.3 Å². The first-order chi connectivity index (χ1) is 6.13. The summed E-state index contributed by atoms with van der Waals surface area (Å²) >= 11 is 1.55. The second kappa shape index (κ2) is 4.46. The Kier molecular flexibility index (Phi) is 3.54. The number of hydrogen-bond donors (Lipinski definition) is 1. The first-order valence-electron chi connectivity index (χ1n) is 4.59. The topological polar surface area (TPSA) is 42.2 Å². The Morgan fingerprint density at radius 3 is 2.69 bits per heavy atom. The molecule has 1 aromatic rings. The van der Waals surface area contributed by atoms with E-state index in [0.29, 0.717) is 5.92 Å². The van der Waals surface area contributed by atoms with Crippen molar-refractivity contribution in [3.8, 4) is 0 Å². The smallest absolute Gasteiger partial charge is 0.187 e. The second-order valence-corrected chi connectivity index (χ2v) is 4.52. The summed E-state index contributed by atoms with van der Waals surface area (Å²) in [6, 6.07) is 0. The van der Waals surface area contributed by atoms with Crippen LogP contribution in [0.5, 0.6) is 0 Å². The highest BCUT2D eigenvalue weighted by Crippen LogP contribution is 2.24. The predicted octanol–water partition coefficient (Wildman–Crippen LogP) is 2.21. The van der Waals surface area contributed by atoms with Gasteiger partial charge in [-0.3, -0.25) is 0 Å². The van der Waals surface area contributed by atoms with Gasteiger partial charge in [-0.1, -0.05) is 25.2 Å². The molecule has 0 aromatic carbocycles. The van der Waals surface area contributed by atoms with Crippen LogP contribution in [0.15, 0.2) is 6.20 Å². The van der Waals surface area contributed by atoms with Crippen molar-refractivity contribution in [2.75, 3.05) is 23.7 Å². The van der Waals surface area contributed by atoms with Crippen LogP contribution < -0.4 is 10.6 Å². The van der Waals surface area contributed by atoms with E-state index in [9.17, 15) is 0 Å². The molecule has 74 valence electrons. The van der Waals surface area contributed by atoms with Crippen molar-refractivity contribution in [1.82, 2.24) is 4.98 Å². The third-order valence-electron chi connectivity index (χ3n) is 1.75. The van der Waals surface area contributed by atoms with Gasteiger partial charge in [-0.15, -0.1) is 0 Å². The maximum Gasteiger partial charge on any atom is 0.187 e. The third kappa shape index (κ3) is 2.88. The summed E-state index contributed by atoms with van der Waals surface area (Å²) in [7, 11) is 0. The van der Waals surface area contributed by atoms with E-state index in [1.54, 1.807) is 17.5 Å². The van der Waals surface area contributed by atoms with Gasteiger partial charge in [0.1, 0.15) is 5.00 Å². The Bertz CT molecular complexity index is 257. The molecule has 0 aliphatic heterocycles. The molecule has 3 nitrogen and oxygen atoms in total. The maximum absolute atomic E-state index is 5.63. The lowest BCUT2D eigenvalue weighted by Crippen LogP contribution is -2.26. The number of hydrogen-bond acceptors (Lipinski definition) is 4. The van der Waals surface area contributed by atoms with E-state index in [-0.39, 0.29) is 0 Å². The van der Waals surface area contributed by atoms with Crippen LogP contribution in [0.4, 0.5) is 10.1 Å². The van der Waals surface area contributed by atoms with E-state index in [0.717, 1.165) is 23.2 Å². The Labute approximate surface area is 83.6 Å². The minimum absolute atomic E-state index is 0.657. The first-order valence-corrected chi connectivity index (χ1v) is 5.41. The quantitative estimate of drug-likeness (QED) is 0.808. The Morgan fingerprint density at radius 2 is 2.31 bits per heavy atom. The minimum atomic E-state index is 0.657. The molecule has 0 unspecified atom stereocenters. The maximum atomic E-state index is 5.63. The molecule has 0 bridgehead atoms. The number of aromatic nitrogens is 1. The molecular weight excluding hydrogens is 182 g/mol. The first kappa shape index (κ1) is 10.3. The van der Waals surface area contributed by atoms with Gasteiger partial charge < -0.3 is 10.6 Å². The van der Waals surface area contributed by atoms with Gasteiger partial charge in [0.05, 0.1) is 6.20 Å². The highest BCUT2D eigenvalue weighted by Gasteiger charge is 2.09. The summed E-state index contributed by atoms with van der Waals surface area (Å²) in [6.07, 6.45) is 1.73. The lowest BCUT2D eigenvalue weighted by atomic mass is 10.2. The van der Waals surface area contributed by atoms with E-state index >= 15 is 0 Å². The lowest BCUT2D eigenvalue weighted by molar-refractivity contribution is 0.618. The molecule has 2 N–H and O–H groups in total. The van der Waals surface area contributed by atoms with Crippen molar-refractivity contribution in [3.05, 3.63) is 6.20 Å². The van der Waals surface area contributed by atoms with Crippen LogP contribution in [0, 0.1) is 5.92 Å². The fourth-order valence-corrected chi connectivity index (χ4v) is 1.96. The number of rotatable bonds is 4. The van der Waals surface area contributed by atoms with Crippen molar-refractivity contribution in [1.29, 1.82) is 0 Å². The molecular formula is C9H17N3S. The van der Waals surface area contributed by atoms with Crippen LogP contribution in [-0.4, -0.2) is 18.1 Å². The Balaban J connectivity index is 2.66. The summed E-state index contributed by atoms with van der Waals surface area (Å²) < 4.78 is 0. The van der Waals surface area contributed by atoms with Gasteiger partial charge in [0.2, 0.25) is 0 Å². The highest BCUT2D eigenvalue weighted by atomic mass is 32.1. The van der Waals surface area contributed by atoms with Gasteiger partial charge >= 0.3 is 0 Å². The number of nitrogens with zero attached hydrogens (tertiary/aromatic N) is 2. The zero-order chi connectivity index (χ0) is 9.84. The van der Waals surface area contributed by atoms with Crippen LogP contribution in [0.3, 0.4) is 0 Å². The zero-order valence-corrected chi connectivity index (χ0v) is 9.27. The molecule has 0 saturated heterocycles. The standard InChI is InChI=1S/C9H17N3S/c1-4-12(6-7(2)3)9-11-5-8(10)13-9/h5,7H,4,6,10H2,1-3H3. The minimum Gasteiger partial charge on any atom is -0.389 e. The van der Waals surface area contributed by atoms with Crippen molar-refractivity contribution < 1.29 is 0 Å². The van der Waals surface area contributed by atoms with E-state index < -0.39 is 0 Å². The van der Waals surface area contributed by atoms with Crippen LogP contribution in [-0.2, 0) is 0 Å². The SMILES string of the molecule is CCN(CC(C)C)c1ncc(N)s1. The summed E-state index contributed by atoms with van der Waals surface area (Å²) in [5, 5.41) is 1.82. The molecule has 0 amide bonds. The van der Waals surface area contributed by atoms with Gasteiger partial charge in [0, 0.05) is 13.1 Å². The number of nitrogens with two attached hydrogens (primary N) is 1. The van der Waals surface area contributed by atoms with Crippen LogP contribution in [0.1, 0.15) is 20.8 Å². The van der Waals surface area contributed by atoms with Gasteiger partial charge in [-0.25, -0.2) is 4.98 Å². The number of thiazole rings is 1. The van der Waals surface area contributed by atoms with Crippen molar-refractivity contribution in [3.63, 3.8) is 0 Å². The predicted molar refractivity (Wildman–Crippen MR) is 59.3 cm³/mol. The van der Waals surface area contributed by atoms with Crippen molar-refractivity contribution in [2.45, 2.75) is 20.8 Å². The Morgan fingerprint density at radius 1 is 1.62 bits per heavy atom. The molecule has 0 spiro atoms. The second-order valence-electron chi connectivity index (χ2n) is 3.48.